The van der Waals surface area contributed by atoms with Gasteiger partial charge in [0.25, 0.3) is 0 Å². The Bertz CT molecular complexity index is 584. The normalized spacial score (nSPS) is 12.3. The Morgan fingerprint density at radius 3 is 2.78 bits per heavy atom. The molecule has 0 aliphatic heterocycles. The second kappa shape index (κ2) is 5.63. The van der Waals surface area contributed by atoms with Crippen LogP contribution in [0.15, 0.2) is 45.9 Å². The SMILES string of the molecule is Cc1ccc(N)c(S(=O)Cc2ccc(Br)cn2)c1. The van der Waals surface area contributed by atoms with E-state index in [1.54, 1.807) is 12.3 Å². The first-order valence-electron chi connectivity index (χ1n) is 5.41. The van der Waals surface area contributed by atoms with Crippen LogP contribution in [0.4, 0.5) is 5.69 Å². The van der Waals surface area contributed by atoms with Crippen LogP contribution in [0.1, 0.15) is 11.3 Å². The molecule has 1 aromatic carbocycles. The van der Waals surface area contributed by atoms with Crippen molar-refractivity contribution in [3.8, 4) is 0 Å². The van der Waals surface area contributed by atoms with Gasteiger partial charge in [-0.25, -0.2) is 0 Å². The van der Waals surface area contributed by atoms with E-state index < -0.39 is 10.8 Å². The monoisotopic (exact) mass is 324 g/mol. The molecule has 2 aromatic rings. The molecule has 1 heterocycles. The van der Waals surface area contributed by atoms with Crippen molar-refractivity contribution >= 4 is 32.4 Å². The van der Waals surface area contributed by atoms with Gasteiger partial charge in [-0.05, 0) is 52.7 Å². The number of nitrogens with zero attached hydrogens (tertiary/aromatic N) is 1. The van der Waals surface area contributed by atoms with Gasteiger partial charge in [-0.2, -0.15) is 0 Å². The number of anilines is 1. The van der Waals surface area contributed by atoms with Crippen LogP contribution in [0.5, 0.6) is 0 Å². The van der Waals surface area contributed by atoms with Crippen molar-refractivity contribution < 1.29 is 4.21 Å². The summed E-state index contributed by atoms with van der Waals surface area (Å²) in [5, 5.41) is 0. The lowest BCUT2D eigenvalue weighted by atomic mass is 10.2. The molecule has 0 fully saturated rings. The minimum absolute atomic E-state index is 0.376. The maximum Gasteiger partial charge on any atom is 0.0706 e. The Balaban J connectivity index is 2.21. The van der Waals surface area contributed by atoms with E-state index in [2.05, 4.69) is 20.9 Å². The van der Waals surface area contributed by atoms with Gasteiger partial charge in [0.15, 0.2) is 0 Å². The number of hydrogen-bond acceptors (Lipinski definition) is 3. The molecule has 0 bridgehead atoms. The first kappa shape index (κ1) is 13.2. The highest BCUT2D eigenvalue weighted by Gasteiger charge is 2.10. The topological polar surface area (TPSA) is 56.0 Å². The van der Waals surface area contributed by atoms with Gasteiger partial charge < -0.3 is 5.73 Å². The van der Waals surface area contributed by atoms with E-state index in [-0.39, 0.29) is 0 Å². The van der Waals surface area contributed by atoms with E-state index in [1.807, 2.05) is 31.2 Å². The van der Waals surface area contributed by atoms with Gasteiger partial charge in [0.2, 0.25) is 0 Å². The van der Waals surface area contributed by atoms with E-state index in [4.69, 9.17) is 5.73 Å². The summed E-state index contributed by atoms with van der Waals surface area (Å²) in [6, 6.07) is 9.31. The van der Waals surface area contributed by atoms with E-state index in [0.717, 1.165) is 15.7 Å². The maximum atomic E-state index is 12.3. The molecule has 1 unspecified atom stereocenters. The number of hydrogen-bond donors (Lipinski definition) is 1. The molecular formula is C13H13BrN2OS. The van der Waals surface area contributed by atoms with E-state index in [9.17, 15) is 4.21 Å². The Kier molecular flexibility index (Phi) is 4.14. The van der Waals surface area contributed by atoms with Gasteiger partial charge in [-0.3, -0.25) is 9.19 Å². The lowest BCUT2D eigenvalue weighted by molar-refractivity contribution is 0.682. The van der Waals surface area contributed by atoms with Crippen molar-refractivity contribution in [1.29, 1.82) is 0 Å². The molecule has 5 heteroatoms. The van der Waals surface area contributed by atoms with E-state index in [0.29, 0.717) is 16.3 Å². The average Bonchev–Trinajstić information content (AvgIpc) is 2.35. The van der Waals surface area contributed by atoms with Crippen LogP contribution in [-0.2, 0) is 16.6 Å². The predicted octanol–water partition coefficient (Wildman–Crippen LogP) is 3.04. The summed E-state index contributed by atoms with van der Waals surface area (Å²) in [4.78, 5) is 4.90. The molecule has 0 saturated carbocycles. The summed E-state index contributed by atoms with van der Waals surface area (Å²) in [6.45, 7) is 1.96. The van der Waals surface area contributed by atoms with Gasteiger partial charge in [0.1, 0.15) is 0 Å². The summed E-state index contributed by atoms with van der Waals surface area (Å²) in [7, 11) is -1.17. The van der Waals surface area contributed by atoms with Crippen LogP contribution in [0, 0.1) is 6.92 Å². The predicted molar refractivity (Wildman–Crippen MR) is 77.6 cm³/mol. The fourth-order valence-electron chi connectivity index (χ4n) is 1.54. The number of benzene rings is 1. The fraction of sp³-hybridized carbons (Fsp3) is 0.154. The highest BCUT2D eigenvalue weighted by Crippen LogP contribution is 2.20. The molecule has 1 aromatic heterocycles. The number of nitrogens with two attached hydrogens (primary N) is 1. The van der Waals surface area contributed by atoms with Gasteiger partial charge in [0.05, 0.1) is 27.1 Å². The van der Waals surface area contributed by atoms with Crippen LogP contribution in [0.25, 0.3) is 0 Å². The number of rotatable bonds is 3. The summed E-state index contributed by atoms with van der Waals surface area (Å²) in [5.74, 6) is 0.376. The first-order valence-corrected chi connectivity index (χ1v) is 7.52. The number of nitrogen functional groups attached to an aromatic ring is 1. The summed E-state index contributed by atoms with van der Waals surface area (Å²) in [5.41, 5.74) is 8.25. The number of aryl methyl sites for hydroxylation is 1. The highest BCUT2D eigenvalue weighted by atomic mass is 79.9. The van der Waals surface area contributed by atoms with Crippen molar-refractivity contribution in [2.45, 2.75) is 17.6 Å². The minimum atomic E-state index is -1.17. The second-order valence-electron chi connectivity index (χ2n) is 4.00. The maximum absolute atomic E-state index is 12.3. The van der Waals surface area contributed by atoms with Gasteiger partial charge in [0, 0.05) is 16.4 Å². The van der Waals surface area contributed by atoms with E-state index in [1.165, 1.54) is 0 Å². The third kappa shape index (κ3) is 3.17. The Morgan fingerprint density at radius 1 is 1.33 bits per heavy atom. The first-order chi connectivity index (χ1) is 8.56. The molecule has 0 radical (unpaired) electrons. The largest absolute Gasteiger partial charge is 0.398 e. The quantitative estimate of drug-likeness (QED) is 0.883. The molecule has 0 spiro atoms. The Hall–Kier alpha value is -1.20. The van der Waals surface area contributed by atoms with Crippen molar-refractivity contribution in [2.24, 2.45) is 0 Å². The second-order valence-corrected chi connectivity index (χ2v) is 6.33. The van der Waals surface area contributed by atoms with Gasteiger partial charge >= 0.3 is 0 Å². The van der Waals surface area contributed by atoms with Crippen molar-refractivity contribution in [3.05, 3.63) is 52.3 Å². The Morgan fingerprint density at radius 2 is 2.11 bits per heavy atom. The highest BCUT2D eigenvalue weighted by molar-refractivity contribution is 9.10. The molecule has 0 aliphatic carbocycles. The van der Waals surface area contributed by atoms with Crippen LogP contribution in [0.3, 0.4) is 0 Å². The molecule has 94 valence electrons. The third-order valence-corrected chi connectivity index (χ3v) is 4.35. The smallest absolute Gasteiger partial charge is 0.0706 e. The number of halogens is 1. The zero-order valence-corrected chi connectivity index (χ0v) is 12.3. The van der Waals surface area contributed by atoms with Gasteiger partial charge in [-0.1, -0.05) is 6.07 Å². The van der Waals surface area contributed by atoms with Gasteiger partial charge in [-0.15, -0.1) is 0 Å². The van der Waals surface area contributed by atoms with Crippen LogP contribution < -0.4 is 5.73 Å². The lowest BCUT2D eigenvalue weighted by Gasteiger charge is -2.06. The van der Waals surface area contributed by atoms with Crippen LogP contribution in [0.2, 0.25) is 0 Å². The fourth-order valence-corrected chi connectivity index (χ4v) is 3.02. The van der Waals surface area contributed by atoms with Crippen molar-refractivity contribution in [1.82, 2.24) is 4.98 Å². The molecule has 18 heavy (non-hydrogen) atoms. The van der Waals surface area contributed by atoms with Crippen molar-refractivity contribution in [3.63, 3.8) is 0 Å². The minimum Gasteiger partial charge on any atom is -0.398 e. The lowest BCUT2D eigenvalue weighted by Crippen LogP contribution is -2.02. The van der Waals surface area contributed by atoms with Crippen LogP contribution in [-0.4, -0.2) is 9.19 Å². The summed E-state index contributed by atoms with van der Waals surface area (Å²) >= 11 is 3.32. The molecule has 0 aliphatic rings. The molecule has 0 saturated heterocycles. The van der Waals surface area contributed by atoms with Crippen molar-refractivity contribution in [2.75, 3.05) is 5.73 Å². The number of aromatic nitrogens is 1. The summed E-state index contributed by atoms with van der Waals surface area (Å²) < 4.78 is 13.2. The standard InChI is InChI=1S/C13H13BrN2OS/c1-9-2-5-12(15)13(6-9)18(17)8-11-4-3-10(14)7-16-11/h2-7H,8,15H2,1H3. The molecule has 2 rings (SSSR count). The average molecular weight is 325 g/mol. The van der Waals surface area contributed by atoms with E-state index >= 15 is 0 Å². The summed E-state index contributed by atoms with van der Waals surface area (Å²) in [6.07, 6.45) is 1.70. The molecule has 2 N–H and O–H groups in total. The van der Waals surface area contributed by atoms with Crippen LogP contribution >= 0.6 is 15.9 Å². The molecular weight excluding hydrogens is 312 g/mol. The zero-order valence-electron chi connectivity index (χ0n) is 9.89. The Labute approximate surface area is 117 Å². The molecule has 0 amide bonds. The molecule has 1 atom stereocenters. The molecule has 3 nitrogen and oxygen atoms in total. The third-order valence-electron chi connectivity index (χ3n) is 2.48. The zero-order chi connectivity index (χ0) is 13.1. The number of pyridine rings is 1.